The van der Waals surface area contributed by atoms with Gasteiger partial charge in [0.25, 0.3) is 5.91 Å². The van der Waals surface area contributed by atoms with Crippen LogP contribution in [0.5, 0.6) is 0 Å². The van der Waals surface area contributed by atoms with Crippen LogP contribution in [0.2, 0.25) is 0 Å². The number of methoxy groups -OCH3 is 1. The summed E-state index contributed by atoms with van der Waals surface area (Å²) in [5.41, 5.74) is 1.34. The van der Waals surface area contributed by atoms with E-state index in [1.165, 1.54) is 28.9 Å². The molecule has 32 heavy (non-hydrogen) atoms. The predicted octanol–water partition coefficient (Wildman–Crippen LogP) is 1.38. The van der Waals surface area contributed by atoms with Crippen LogP contribution in [0.4, 0.5) is 10.2 Å². The summed E-state index contributed by atoms with van der Waals surface area (Å²) >= 11 is 0. The standard InChI is InChI=1S/C22H19FN6O3/c1-32-18-11-28(10-17(18)30)19-5-6-29(27-19)16-7-14(26-15-9-25-22(31)21(15)16)20-12(8-24)3-2-4-13(20)23/h2-7,17-18,30H,9-11H2,1H3,(H,25,31)/t17-,18+/m1/s1/i1D3. The van der Waals surface area contributed by atoms with Crippen molar-refractivity contribution in [2.75, 3.05) is 25.0 Å². The Labute approximate surface area is 186 Å². The molecular formula is C22H19FN6O3. The third-order valence-electron chi connectivity index (χ3n) is 5.64. The lowest BCUT2D eigenvalue weighted by molar-refractivity contribution is 0.0217. The number of pyridine rings is 1. The van der Waals surface area contributed by atoms with Crippen LogP contribution in [0.1, 0.15) is 25.7 Å². The van der Waals surface area contributed by atoms with E-state index in [0.717, 1.165) is 0 Å². The SMILES string of the molecule is [2H]C([2H])([2H])O[C@H]1CN(c2ccn(-c3cc(-c4c(F)cccc4C#N)nc4c3C(=O)NC4)n2)C[C@H]1O. The molecule has 0 saturated carbocycles. The van der Waals surface area contributed by atoms with Gasteiger partial charge in [0, 0.05) is 32.4 Å². The molecule has 2 aliphatic heterocycles. The fourth-order valence-electron chi connectivity index (χ4n) is 4.07. The minimum absolute atomic E-state index is 0.0260. The van der Waals surface area contributed by atoms with E-state index in [0.29, 0.717) is 17.2 Å². The fourth-order valence-corrected chi connectivity index (χ4v) is 4.07. The van der Waals surface area contributed by atoms with E-state index in [2.05, 4.69) is 15.4 Å². The number of aliphatic hydroxyl groups is 1. The van der Waals surface area contributed by atoms with Crippen LogP contribution in [0.15, 0.2) is 36.5 Å². The van der Waals surface area contributed by atoms with Gasteiger partial charge in [-0.1, -0.05) is 6.07 Å². The molecule has 3 aromatic rings. The van der Waals surface area contributed by atoms with Crippen molar-refractivity contribution in [1.29, 1.82) is 5.26 Å². The van der Waals surface area contributed by atoms with Gasteiger partial charge < -0.3 is 20.1 Å². The van der Waals surface area contributed by atoms with Crippen LogP contribution in [-0.2, 0) is 11.3 Å². The zero-order valence-electron chi connectivity index (χ0n) is 19.6. The molecule has 10 heteroatoms. The molecule has 0 unspecified atom stereocenters. The van der Waals surface area contributed by atoms with Crippen LogP contribution < -0.4 is 10.2 Å². The Bertz CT molecular complexity index is 1370. The zero-order valence-corrected chi connectivity index (χ0v) is 16.6. The number of nitrogens with zero attached hydrogens (tertiary/aromatic N) is 5. The maximum atomic E-state index is 14.7. The molecule has 9 nitrogen and oxygen atoms in total. The second-order valence-electron chi connectivity index (χ2n) is 7.55. The lowest BCUT2D eigenvalue weighted by Gasteiger charge is -2.15. The summed E-state index contributed by atoms with van der Waals surface area (Å²) in [6, 6.07) is 9.27. The van der Waals surface area contributed by atoms with E-state index in [1.54, 1.807) is 17.2 Å². The highest BCUT2D eigenvalue weighted by atomic mass is 19.1. The molecule has 2 aliphatic rings. The van der Waals surface area contributed by atoms with Gasteiger partial charge in [0.05, 0.1) is 56.6 Å². The first kappa shape index (κ1) is 16.8. The number of rotatable bonds is 4. The lowest BCUT2D eigenvalue weighted by Crippen LogP contribution is -2.25. The number of carbonyl (C=O) groups excluding carboxylic acids is 1. The maximum Gasteiger partial charge on any atom is 0.255 e. The summed E-state index contributed by atoms with van der Waals surface area (Å²) in [6.45, 7) is 0.363. The van der Waals surface area contributed by atoms with Crippen LogP contribution in [0.3, 0.4) is 0 Å². The molecule has 2 atom stereocenters. The number of anilines is 1. The number of hydrogen-bond acceptors (Lipinski definition) is 7. The zero-order chi connectivity index (χ0) is 24.9. The number of aromatic nitrogens is 3. The lowest BCUT2D eigenvalue weighted by atomic mass is 10.0. The Kier molecular flexibility index (Phi) is 4.05. The molecule has 1 fully saturated rings. The number of nitriles is 1. The number of nitrogens with one attached hydrogen (secondary N) is 1. The van der Waals surface area contributed by atoms with Gasteiger partial charge in [-0.15, -0.1) is 0 Å². The van der Waals surface area contributed by atoms with Crippen LogP contribution >= 0.6 is 0 Å². The summed E-state index contributed by atoms with van der Waals surface area (Å²) in [5.74, 6) is -0.551. The number of fused-ring (bicyclic) bond motifs is 1. The van der Waals surface area contributed by atoms with Crippen LogP contribution in [0, 0.1) is 17.1 Å². The molecule has 1 aromatic carbocycles. The van der Waals surface area contributed by atoms with Crippen LogP contribution in [-0.4, -0.2) is 58.1 Å². The number of carbonyl (C=O) groups is 1. The average molecular weight is 437 g/mol. The first-order chi connectivity index (χ1) is 16.6. The quantitative estimate of drug-likeness (QED) is 0.633. The summed E-state index contributed by atoms with van der Waals surface area (Å²) in [7, 11) is -2.64. The van der Waals surface area contributed by atoms with Crippen molar-refractivity contribution in [1.82, 2.24) is 20.1 Å². The van der Waals surface area contributed by atoms with E-state index in [4.69, 9.17) is 8.85 Å². The second-order valence-corrected chi connectivity index (χ2v) is 7.55. The summed E-state index contributed by atoms with van der Waals surface area (Å²) in [4.78, 5) is 18.7. The smallest absolute Gasteiger partial charge is 0.255 e. The topological polar surface area (TPSA) is 116 Å². The fraction of sp³-hybridized carbons (Fsp3) is 0.273. The maximum absolute atomic E-state index is 14.7. The first-order valence-corrected chi connectivity index (χ1v) is 9.82. The molecule has 1 amide bonds. The van der Waals surface area contributed by atoms with E-state index >= 15 is 0 Å². The van der Waals surface area contributed by atoms with Crippen molar-refractivity contribution in [3.8, 4) is 23.0 Å². The van der Waals surface area contributed by atoms with Crippen LogP contribution in [0.25, 0.3) is 16.9 Å². The van der Waals surface area contributed by atoms with Gasteiger partial charge in [-0.05, 0) is 18.2 Å². The molecule has 0 bridgehead atoms. The molecule has 5 rings (SSSR count). The summed E-state index contributed by atoms with van der Waals surface area (Å²) < 4.78 is 42.9. The number of ether oxygens (including phenoxy) is 1. The van der Waals surface area contributed by atoms with Gasteiger partial charge in [0.2, 0.25) is 0 Å². The van der Waals surface area contributed by atoms with Gasteiger partial charge >= 0.3 is 0 Å². The first-order valence-electron chi connectivity index (χ1n) is 11.3. The predicted molar refractivity (Wildman–Crippen MR) is 112 cm³/mol. The monoisotopic (exact) mass is 437 g/mol. The van der Waals surface area contributed by atoms with E-state index < -0.39 is 25.1 Å². The minimum Gasteiger partial charge on any atom is -0.388 e. The van der Waals surface area contributed by atoms with Gasteiger partial charge in [-0.2, -0.15) is 10.4 Å². The normalized spacial score (nSPS) is 21.5. The Morgan fingerprint density at radius 3 is 3.06 bits per heavy atom. The minimum atomic E-state index is -2.64. The highest BCUT2D eigenvalue weighted by Gasteiger charge is 2.33. The van der Waals surface area contributed by atoms with E-state index in [1.807, 2.05) is 6.07 Å². The molecule has 4 heterocycles. The highest BCUT2D eigenvalue weighted by Crippen LogP contribution is 2.32. The highest BCUT2D eigenvalue weighted by molar-refractivity contribution is 6.01. The molecule has 2 aromatic heterocycles. The summed E-state index contributed by atoms with van der Waals surface area (Å²) in [6.07, 6.45) is -0.341. The van der Waals surface area contributed by atoms with Crippen molar-refractivity contribution in [2.24, 2.45) is 0 Å². The molecule has 2 N–H and O–H groups in total. The Hall–Kier alpha value is -3.81. The van der Waals surface area contributed by atoms with Gasteiger partial charge in [-0.3, -0.25) is 4.79 Å². The van der Waals surface area contributed by atoms with Crippen molar-refractivity contribution < 1.29 is 23.1 Å². The van der Waals surface area contributed by atoms with E-state index in [-0.39, 0.29) is 47.9 Å². The van der Waals surface area contributed by atoms with Crippen molar-refractivity contribution in [3.05, 3.63) is 59.2 Å². The largest absolute Gasteiger partial charge is 0.388 e. The third-order valence-corrected chi connectivity index (χ3v) is 5.64. The molecule has 162 valence electrons. The number of benzene rings is 1. The third kappa shape index (κ3) is 3.19. The Morgan fingerprint density at radius 2 is 2.25 bits per heavy atom. The molecule has 1 saturated heterocycles. The number of aliphatic hydroxyl groups excluding tert-OH is 1. The van der Waals surface area contributed by atoms with E-state index in [9.17, 15) is 19.6 Å². The molecular weight excluding hydrogens is 415 g/mol. The van der Waals surface area contributed by atoms with Crippen molar-refractivity contribution in [3.63, 3.8) is 0 Å². The number of halogens is 1. The number of hydrogen-bond donors (Lipinski definition) is 2. The summed E-state index contributed by atoms with van der Waals surface area (Å²) in [5, 5.41) is 26.9. The van der Waals surface area contributed by atoms with Gasteiger partial charge in [0.15, 0.2) is 5.82 Å². The Balaban J connectivity index is 1.54. The van der Waals surface area contributed by atoms with Gasteiger partial charge in [-0.25, -0.2) is 14.1 Å². The second kappa shape index (κ2) is 7.71. The van der Waals surface area contributed by atoms with Crippen molar-refractivity contribution >= 4 is 11.7 Å². The molecule has 0 aliphatic carbocycles. The number of amides is 1. The van der Waals surface area contributed by atoms with Crippen molar-refractivity contribution in [2.45, 2.75) is 18.8 Å². The average Bonchev–Trinajstić information content (AvgIpc) is 3.52. The molecule has 0 spiro atoms. The van der Waals surface area contributed by atoms with Gasteiger partial charge in [0.1, 0.15) is 11.9 Å². The molecule has 0 radical (unpaired) electrons. The Morgan fingerprint density at radius 1 is 1.38 bits per heavy atom. The number of β-amino-alcohol motifs (C(OH)–C–C–N with tert-alkyl or cyclic N) is 1.